The van der Waals surface area contributed by atoms with Gasteiger partial charge in [-0.25, -0.2) is 0 Å². The molecule has 3 nitrogen and oxygen atoms in total. The van der Waals surface area contributed by atoms with Crippen molar-refractivity contribution in [3.8, 4) is 11.8 Å². The van der Waals surface area contributed by atoms with E-state index in [4.69, 9.17) is 0 Å². The summed E-state index contributed by atoms with van der Waals surface area (Å²) in [5.41, 5.74) is 0. The lowest BCUT2D eigenvalue weighted by Gasteiger charge is -2.05. The standard InChI is InChI=1S/C14H23NO2S/c1-3-4-5-6-7-8-9-10-13(17)14(18)11-15-12(2)16/h14,18H,3-8,11H2,1-2H3,(H,15,16). The lowest BCUT2D eigenvalue weighted by atomic mass is 10.1. The second-order valence-electron chi connectivity index (χ2n) is 4.28. The number of thiol groups is 1. The Bertz CT molecular complexity index is 317. The zero-order valence-corrected chi connectivity index (χ0v) is 12.2. The molecule has 1 atom stereocenters. The van der Waals surface area contributed by atoms with Gasteiger partial charge in [-0.15, -0.1) is 0 Å². The molecule has 0 bridgehead atoms. The molecule has 0 saturated carbocycles. The van der Waals surface area contributed by atoms with Crippen LogP contribution in [0.2, 0.25) is 0 Å². The number of hydrogen-bond acceptors (Lipinski definition) is 3. The molecule has 0 heterocycles. The van der Waals surface area contributed by atoms with E-state index in [1.807, 2.05) is 0 Å². The summed E-state index contributed by atoms with van der Waals surface area (Å²) in [5, 5.41) is 2.02. The van der Waals surface area contributed by atoms with Crippen LogP contribution < -0.4 is 5.32 Å². The van der Waals surface area contributed by atoms with Crippen molar-refractivity contribution in [3.63, 3.8) is 0 Å². The second kappa shape index (κ2) is 11.2. The molecule has 0 spiro atoms. The van der Waals surface area contributed by atoms with Gasteiger partial charge in [0.25, 0.3) is 0 Å². The highest BCUT2D eigenvalue weighted by molar-refractivity contribution is 7.81. The molecule has 1 amide bonds. The number of amides is 1. The molecule has 18 heavy (non-hydrogen) atoms. The van der Waals surface area contributed by atoms with Crippen molar-refractivity contribution in [2.75, 3.05) is 6.54 Å². The van der Waals surface area contributed by atoms with E-state index in [1.165, 1.54) is 32.6 Å². The van der Waals surface area contributed by atoms with Crippen LogP contribution in [0, 0.1) is 11.8 Å². The van der Waals surface area contributed by atoms with E-state index in [9.17, 15) is 9.59 Å². The smallest absolute Gasteiger partial charge is 0.219 e. The summed E-state index contributed by atoms with van der Waals surface area (Å²) in [6.45, 7) is 3.83. The van der Waals surface area contributed by atoms with Crippen LogP contribution in [-0.4, -0.2) is 23.5 Å². The van der Waals surface area contributed by atoms with Crippen molar-refractivity contribution < 1.29 is 9.59 Å². The van der Waals surface area contributed by atoms with Gasteiger partial charge in [0.05, 0.1) is 5.25 Å². The summed E-state index contributed by atoms with van der Waals surface area (Å²) in [6.07, 6.45) is 6.71. The fraction of sp³-hybridized carbons (Fsp3) is 0.714. The molecule has 0 aliphatic heterocycles. The molecule has 0 radical (unpaired) electrons. The quantitative estimate of drug-likeness (QED) is 0.307. The van der Waals surface area contributed by atoms with Crippen LogP contribution >= 0.6 is 12.6 Å². The minimum Gasteiger partial charge on any atom is -0.355 e. The average Bonchev–Trinajstić information content (AvgIpc) is 2.34. The highest BCUT2D eigenvalue weighted by Crippen LogP contribution is 2.04. The Labute approximate surface area is 116 Å². The number of nitrogens with one attached hydrogen (secondary N) is 1. The third kappa shape index (κ3) is 10.2. The number of unbranched alkanes of at least 4 members (excludes halogenated alkanes) is 5. The molecule has 1 N–H and O–H groups in total. The van der Waals surface area contributed by atoms with Gasteiger partial charge in [-0.1, -0.05) is 38.5 Å². The Balaban J connectivity index is 3.70. The Morgan fingerprint density at radius 1 is 1.22 bits per heavy atom. The summed E-state index contributed by atoms with van der Waals surface area (Å²) in [6, 6.07) is 0. The molecular formula is C14H23NO2S. The lowest BCUT2D eigenvalue weighted by molar-refractivity contribution is -0.119. The van der Waals surface area contributed by atoms with Gasteiger partial charge in [-0.3, -0.25) is 9.59 Å². The number of carbonyl (C=O) groups is 2. The third-order valence-corrected chi connectivity index (χ3v) is 2.88. The van der Waals surface area contributed by atoms with Crippen LogP contribution in [0.1, 0.15) is 52.4 Å². The predicted octanol–water partition coefficient (Wildman–Crippen LogP) is 2.35. The summed E-state index contributed by atoms with van der Waals surface area (Å²) >= 11 is 4.10. The summed E-state index contributed by atoms with van der Waals surface area (Å²) in [4.78, 5) is 22.2. The largest absolute Gasteiger partial charge is 0.355 e. The molecule has 0 aromatic carbocycles. The van der Waals surface area contributed by atoms with Crippen molar-refractivity contribution >= 4 is 24.3 Å². The molecule has 1 unspecified atom stereocenters. The number of carbonyl (C=O) groups excluding carboxylic acids is 2. The monoisotopic (exact) mass is 269 g/mol. The number of ketones is 1. The first-order chi connectivity index (χ1) is 8.57. The fourth-order valence-electron chi connectivity index (χ4n) is 1.38. The van der Waals surface area contributed by atoms with Gasteiger partial charge in [0.1, 0.15) is 0 Å². The van der Waals surface area contributed by atoms with Crippen LogP contribution in [0.15, 0.2) is 0 Å². The lowest BCUT2D eigenvalue weighted by Crippen LogP contribution is -2.31. The van der Waals surface area contributed by atoms with E-state index in [0.29, 0.717) is 0 Å². The van der Waals surface area contributed by atoms with Gasteiger partial charge in [0.2, 0.25) is 11.7 Å². The number of rotatable bonds is 8. The third-order valence-electron chi connectivity index (χ3n) is 2.46. The molecule has 0 aromatic heterocycles. The van der Waals surface area contributed by atoms with E-state index < -0.39 is 5.25 Å². The van der Waals surface area contributed by atoms with Crippen molar-refractivity contribution in [2.45, 2.75) is 57.6 Å². The molecule has 0 fully saturated rings. The normalized spacial score (nSPS) is 11.3. The molecule has 0 aliphatic carbocycles. The zero-order chi connectivity index (χ0) is 13.8. The molecule has 0 saturated heterocycles. The first kappa shape index (κ1) is 17.1. The maximum absolute atomic E-state index is 11.5. The van der Waals surface area contributed by atoms with Gasteiger partial charge in [-0.05, 0) is 12.3 Å². The van der Waals surface area contributed by atoms with Crippen molar-refractivity contribution in [3.05, 3.63) is 0 Å². The Morgan fingerprint density at radius 2 is 1.89 bits per heavy atom. The van der Waals surface area contributed by atoms with Crippen molar-refractivity contribution in [2.24, 2.45) is 0 Å². The van der Waals surface area contributed by atoms with E-state index in [2.05, 4.69) is 36.7 Å². The molecule has 102 valence electrons. The second-order valence-corrected chi connectivity index (χ2v) is 4.91. The molecule has 0 rings (SSSR count). The summed E-state index contributed by atoms with van der Waals surface area (Å²) in [7, 11) is 0. The Morgan fingerprint density at radius 3 is 2.50 bits per heavy atom. The van der Waals surface area contributed by atoms with Gasteiger partial charge in [0.15, 0.2) is 0 Å². The fourth-order valence-corrected chi connectivity index (χ4v) is 1.54. The SMILES string of the molecule is CCCCCCCC#CC(=O)C(S)CNC(C)=O. The topological polar surface area (TPSA) is 46.2 Å². The van der Waals surface area contributed by atoms with Crippen molar-refractivity contribution in [1.82, 2.24) is 5.32 Å². The van der Waals surface area contributed by atoms with E-state index >= 15 is 0 Å². The molecule has 0 aliphatic rings. The van der Waals surface area contributed by atoms with Gasteiger partial charge in [-0.2, -0.15) is 12.6 Å². The van der Waals surface area contributed by atoms with Gasteiger partial charge >= 0.3 is 0 Å². The Kier molecular flexibility index (Phi) is 10.6. The Hall–Kier alpha value is -0.950. The van der Waals surface area contributed by atoms with E-state index in [-0.39, 0.29) is 18.2 Å². The molecule has 0 aromatic rings. The maximum Gasteiger partial charge on any atom is 0.219 e. The molecular weight excluding hydrogens is 246 g/mol. The average molecular weight is 269 g/mol. The minimum atomic E-state index is -0.526. The highest BCUT2D eigenvalue weighted by atomic mass is 32.1. The maximum atomic E-state index is 11.5. The highest BCUT2D eigenvalue weighted by Gasteiger charge is 2.11. The van der Waals surface area contributed by atoms with E-state index in [0.717, 1.165) is 12.8 Å². The molecule has 4 heteroatoms. The van der Waals surface area contributed by atoms with Crippen LogP contribution in [0.4, 0.5) is 0 Å². The minimum absolute atomic E-state index is 0.161. The first-order valence-electron chi connectivity index (χ1n) is 6.53. The summed E-state index contributed by atoms with van der Waals surface area (Å²) < 4.78 is 0. The predicted molar refractivity (Wildman–Crippen MR) is 77.6 cm³/mol. The van der Waals surface area contributed by atoms with Crippen LogP contribution in [0.3, 0.4) is 0 Å². The van der Waals surface area contributed by atoms with Crippen LogP contribution in [0.25, 0.3) is 0 Å². The zero-order valence-electron chi connectivity index (χ0n) is 11.3. The van der Waals surface area contributed by atoms with Crippen LogP contribution in [-0.2, 0) is 9.59 Å². The first-order valence-corrected chi connectivity index (χ1v) is 7.04. The van der Waals surface area contributed by atoms with Gasteiger partial charge in [0, 0.05) is 19.9 Å². The van der Waals surface area contributed by atoms with Crippen LogP contribution in [0.5, 0.6) is 0 Å². The number of Topliss-reactive ketones (excluding diaryl/α,β-unsaturated/α-hetero) is 1. The van der Waals surface area contributed by atoms with E-state index in [1.54, 1.807) is 0 Å². The number of hydrogen-bond donors (Lipinski definition) is 2. The van der Waals surface area contributed by atoms with Gasteiger partial charge < -0.3 is 5.32 Å². The summed E-state index contributed by atoms with van der Waals surface area (Å²) in [5.74, 6) is 5.07. The van der Waals surface area contributed by atoms with Crippen molar-refractivity contribution in [1.29, 1.82) is 0 Å².